The van der Waals surface area contributed by atoms with Crippen molar-refractivity contribution in [2.75, 3.05) is 18.0 Å². The molecular weight excluding hydrogens is 300 g/mol. The van der Waals surface area contributed by atoms with Crippen LogP contribution in [-0.2, 0) is 4.79 Å². The maximum Gasteiger partial charge on any atom is 0.251 e. The summed E-state index contributed by atoms with van der Waals surface area (Å²) in [5.74, 6) is -0.147. The highest BCUT2D eigenvalue weighted by Crippen LogP contribution is 2.21. The van der Waals surface area contributed by atoms with Crippen molar-refractivity contribution in [1.82, 2.24) is 5.32 Å². The highest BCUT2D eigenvalue weighted by atomic mass is 16.2. The molecule has 126 valence electrons. The average molecular weight is 324 g/mol. The van der Waals surface area contributed by atoms with Crippen LogP contribution in [0.15, 0.2) is 42.5 Å². The summed E-state index contributed by atoms with van der Waals surface area (Å²) in [6, 6.07) is 13.5. The van der Waals surface area contributed by atoms with Crippen molar-refractivity contribution in [1.29, 1.82) is 0 Å². The fourth-order valence-corrected chi connectivity index (χ4v) is 2.66. The van der Waals surface area contributed by atoms with Gasteiger partial charge in [-0.15, -0.1) is 0 Å². The summed E-state index contributed by atoms with van der Waals surface area (Å²) in [6.07, 6.45) is 0. The van der Waals surface area contributed by atoms with Crippen LogP contribution in [0.4, 0.5) is 5.69 Å². The Labute approximate surface area is 143 Å². The van der Waals surface area contributed by atoms with E-state index in [1.54, 1.807) is 17.9 Å². The molecule has 0 aliphatic carbocycles. The number of aryl methyl sites for hydroxylation is 3. The molecule has 1 N–H and O–H groups in total. The largest absolute Gasteiger partial charge is 0.350 e. The van der Waals surface area contributed by atoms with Gasteiger partial charge in [-0.1, -0.05) is 30.3 Å². The molecule has 0 aromatic heterocycles. The quantitative estimate of drug-likeness (QED) is 0.916. The third-order valence-electron chi connectivity index (χ3n) is 4.05. The van der Waals surface area contributed by atoms with Gasteiger partial charge in [-0.2, -0.15) is 0 Å². The fourth-order valence-electron chi connectivity index (χ4n) is 2.66. The lowest BCUT2D eigenvalue weighted by Gasteiger charge is -2.24. The predicted molar refractivity (Wildman–Crippen MR) is 97.5 cm³/mol. The van der Waals surface area contributed by atoms with Gasteiger partial charge in [0.15, 0.2) is 0 Å². The van der Waals surface area contributed by atoms with Gasteiger partial charge < -0.3 is 10.2 Å². The van der Waals surface area contributed by atoms with Crippen molar-refractivity contribution in [2.24, 2.45) is 0 Å². The molecule has 2 aromatic rings. The molecule has 0 heterocycles. The highest BCUT2D eigenvalue weighted by molar-refractivity contribution is 5.96. The van der Waals surface area contributed by atoms with Crippen LogP contribution in [0.2, 0.25) is 0 Å². The van der Waals surface area contributed by atoms with Crippen LogP contribution < -0.4 is 10.2 Å². The lowest BCUT2D eigenvalue weighted by molar-refractivity contribution is -0.116. The predicted octanol–water partition coefficient (Wildman–Crippen LogP) is 3.39. The molecule has 2 aromatic carbocycles. The molecule has 0 radical (unpaired) electrons. The van der Waals surface area contributed by atoms with Gasteiger partial charge in [-0.05, 0) is 49.6 Å². The van der Waals surface area contributed by atoms with Crippen molar-refractivity contribution in [3.05, 3.63) is 64.7 Å². The van der Waals surface area contributed by atoms with Crippen LogP contribution in [0.1, 0.15) is 34.0 Å². The number of benzene rings is 2. The number of anilines is 1. The molecule has 0 aliphatic heterocycles. The Kier molecular flexibility index (Phi) is 5.74. The summed E-state index contributed by atoms with van der Waals surface area (Å²) in [6.45, 7) is 8.28. The third-order valence-corrected chi connectivity index (χ3v) is 4.05. The van der Waals surface area contributed by atoms with Gasteiger partial charge in [-0.3, -0.25) is 9.59 Å². The number of amides is 2. The Bertz CT molecular complexity index is 753. The summed E-state index contributed by atoms with van der Waals surface area (Å²) < 4.78 is 0. The van der Waals surface area contributed by atoms with Crippen molar-refractivity contribution in [3.8, 4) is 0 Å². The first-order valence-electron chi connectivity index (χ1n) is 8.09. The minimum atomic E-state index is -0.113. The molecule has 0 bridgehead atoms. The second-order valence-electron chi connectivity index (χ2n) is 6.03. The minimum absolute atomic E-state index is 0.0335. The molecule has 24 heavy (non-hydrogen) atoms. The third kappa shape index (κ3) is 4.22. The molecule has 0 aliphatic rings. The number of nitrogens with one attached hydrogen (secondary N) is 1. The van der Waals surface area contributed by atoms with Crippen molar-refractivity contribution in [2.45, 2.75) is 27.7 Å². The number of carbonyl (C=O) groups is 2. The smallest absolute Gasteiger partial charge is 0.251 e. The van der Waals surface area contributed by atoms with E-state index in [1.165, 1.54) is 0 Å². The lowest BCUT2D eigenvalue weighted by Crippen LogP contribution is -2.38. The number of hydrogen-bond acceptors (Lipinski definition) is 2. The normalized spacial score (nSPS) is 10.3. The summed E-state index contributed by atoms with van der Waals surface area (Å²) >= 11 is 0. The SMILES string of the molecule is CC(=O)N(CCNC(=O)c1ccccc1C)c1cc(C)ccc1C. The second kappa shape index (κ2) is 7.77. The van der Waals surface area contributed by atoms with Crippen LogP contribution in [0.25, 0.3) is 0 Å². The van der Waals surface area contributed by atoms with E-state index in [1.807, 2.05) is 57.2 Å². The molecule has 2 rings (SSSR count). The van der Waals surface area contributed by atoms with Gasteiger partial charge in [0.1, 0.15) is 0 Å². The Morgan fingerprint density at radius 2 is 1.71 bits per heavy atom. The first kappa shape index (κ1) is 17.7. The summed E-state index contributed by atoms with van der Waals surface area (Å²) in [5.41, 5.74) is 4.64. The molecule has 4 heteroatoms. The number of nitrogens with zero attached hydrogens (tertiary/aromatic N) is 1. The van der Waals surface area contributed by atoms with Crippen LogP contribution in [0, 0.1) is 20.8 Å². The minimum Gasteiger partial charge on any atom is -0.350 e. The number of carbonyl (C=O) groups excluding carboxylic acids is 2. The van der Waals surface area contributed by atoms with E-state index >= 15 is 0 Å². The van der Waals surface area contributed by atoms with Crippen molar-refractivity contribution in [3.63, 3.8) is 0 Å². The summed E-state index contributed by atoms with van der Waals surface area (Å²) in [7, 11) is 0. The van der Waals surface area contributed by atoms with Gasteiger partial charge in [0.25, 0.3) is 5.91 Å². The summed E-state index contributed by atoms with van der Waals surface area (Å²) in [5, 5.41) is 2.90. The first-order valence-corrected chi connectivity index (χ1v) is 8.09. The van der Waals surface area contributed by atoms with Crippen molar-refractivity contribution < 1.29 is 9.59 Å². The lowest BCUT2D eigenvalue weighted by atomic mass is 10.1. The number of hydrogen-bond donors (Lipinski definition) is 1. The Hall–Kier alpha value is -2.62. The number of rotatable bonds is 5. The Balaban J connectivity index is 2.05. The monoisotopic (exact) mass is 324 g/mol. The van der Waals surface area contributed by atoms with Crippen molar-refractivity contribution >= 4 is 17.5 Å². The molecule has 0 fully saturated rings. The molecule has 2 amide bonds. The van der Waals surface area contributed by atoms with Crippen LogP contribution in [-0.4, -0.2) is 24.9 Å². The molecule has 0 atom stereocenters. The van der Waals surface area contributed by atoms with Gasteiger partial charge in [-0.25, -0.2) is 0 Å². The van der Waals surface area contributed by atoms with E-state index in [9.17, 15) is 9.59 Å². The molecular formula is C20H24N2O2. The van der Waals surface area contributed by atoms with E-state index < -0.39 is 0 Å². The topological polar surface area (TPSA) is 49.4 Å². The molecule has 0 unspecified atom stereocenters. The van der Waals surface area contributed by atoms with Gasteiger partial charge in [0.2, 0.25) is 5.91 Å². The maximum atomic E-state index is 12.3. The Morgan fingerprint density at radius 1 is 1.00 bits per heavy atom. The van der Waals surface area contributed by atoms with E-state index in [4.69, 9.17) is 0 Å². The van der Waals surface area contributed by atoms with E-state index in [0.717, 1.165) is 22.4 Å². The second-order valence-corrected chi connectivity index (χ2v) is 6.03. The van der Waals surface area contributed by atoms with Crippen LogP contribution in [0.5, 0.6) is 0 Å². The zero-order valence-corrected chi connectivity index (χ0v) is 14.7. The Morgan fingerprint density at radius 3 is 2.38 bits per heavy atom. The van der Waals surface area contributed by atoms with Gasteiger partial charge >= 0.3 is 0 Å². The molecule has 0 spiro atoms. The first-order chi connectivity index (χ1) is 11.4. The molecule has 0 saturated heterocycles. The zero-order chi connectivity index (χ0) is 17.7. The van der Waals surface area contributed by atoms with E-state index in [-0.39, 0.29) is 11.8 Å². The van der Waals surface area contributed by atoms with Crippen LogP contribution in [0.3, 0.4) is 0 Å². The van der Waals surface area contributed by atoms with Gasteiger partial charge in [0.05, 0.1) is 0 Å². The van der Waals surface area contributed by atoms with E-state index in [0.29, 0.717) is 18.7 Å². The molecule has 4 nitrogen and oxygen atoms in total. The average Bonchev–Trinajstić information content (AvgIpc) is 2.54. The fraction of sp³-hybridized carbons (Fsp3) is 0.300. The van der Waals surface area contributed by atoms with Gasteiger partial charge in [0, 0.05) is 31.3 Å². The highest BCUT2D eigenvalue weighted by Gasteiger charge is 2.15. The van der Waals surface area contributed by atoms with Crippen LogP contribution >= 0.6 is 0 Å². The van der Waals surface area contributed by atoms with E-state index in [2.05, 4.69) is 5.32 Å². The molecule has 0 saturated carbocycles. The maximum absolute atomic E-state index is 12.3. The summed E-state index contributed by atoms with van der Waals surface area (Å²) in [4.78, 5) is 26.0. The standard InChI is InChI=1S/C20H24N2O2/c1-14-9-10-16(3)19(13-14)22(17(4)23)12-11-21-20(24)18-8-6-5-7-15(18)2/h5-10,13H,11-12H2,1-4H3,(H,21,24). The zero-order valence-electron chi connectivity index (χ0n) is 14.7.